The molecule has 0 aromatic heterocycles. The second-order valence-electron chi connectivity index (χ2n) is 4.28. The smallest absolute Gasteiger partial charge is 0.305 e. The minimum absolute atomic E-state index is 0.157. The molecule has 0 heterocycles. The average Bonchev–Trinajstić information content (AvgIpc) is 2.43. The minimum atomic E-state index is -0.157. The SMILES string of the molecule is COC(=O)CCCCCCC(=O)c1ccccc1. The quantitative estimate of drug-likeness (QED) is 0.402. The Balaban J connectivity index is 2.08. The Bertz CT molecular complexity index is 371. The second kappa shape index (κ2) is 8.45. The van der Waals surface area contributed by atoms with Gasteiger partial charge in [0, 0.05) is 18.4 Å². The molecule has 0 radical (unpaired) electrons. The number of rotatable bonds is 8. The second-order valence-corrected chi connectivity index (χ2v) is 4.28. The third kappa shape index (κ3) is 5.62. The van der Waals surface area contributed by atoms with Crippen molar-refractivity contribution in [1.82, 2.24) is 0 Å². The molecule has 1 aromatic rings. The van der Waals surface area contributed by atoms with Crippen LogP contribution in [0.15, 0.2) is 30.3 Å². The van der Waals surface area contributed by atoms with Crippen LogP contribution in [0.25, 0.3) is 0 Å². The van der Waals surface area contributed by atoms with Crippen molar-refractivity contribution in [1.29, 1.82) is 0 Å². The van der Waals surface area contributed by atoms with Gasteiger partial charge in [-0.2, -0.15) is 0 Å². The molecule has 0 spiro atoms. The van der Waals surface area contributed by atoms with Gasteiger partial charge in [-0.3, -0.25) is 9.59 Å². The number of benzene rings is 1. The molecular weight excluding hydrogens is 228 g/mol. The van der Waals surface area contributed by atoms with E-state index in [0.717, 1.165) is 31.2 Å². The summed E-state index contributed by atoms with van der Waals surface area (Å²) >= 11 is 0. The summed E-state index contributed by atoms with van der Waals surface area (Å²) in [6.45, 7) is 0. The summed E-state index contributed by atoms with van der Waals surface area (Å²) in [7, 11) is 1.40. The number of hydrogen-bond donors (Lipinski definition) is 0. The number of Topliss-reactive ketones (excluding diaryl/α,β-unsaturated/α-hetero) is 1. The molecular formula is C15H20O3. The predicted octanol–water partition coefficient (Wildman–Crippen LogP) is 3.38. The number of hydrogen-bond acceptors (Lipinski definition) is 3. The maximum Gasteiger partial charge on any atom is 0.305 e. The number of carbonyl (C=O) groups is 2. The highest BCUT2D eigenvalue weighted by Crippen LogP contribution is 2.10. The van der Waals surface area contributed by atoms with Gasteiger partial charge in [0.15, 0.2) is 5.78 Å². The molecule has 0 amide bonds. The standard InChI is InChI=1S/C15H20O3/c1-18-15(17)12-8-3-2-7-11-14(16)13-9-5-4-6-10-13/h4-6,9-10H,2-3,7-8,11-12H2,1H3. The van der Waals surface area contributed by atoms with Gasteiger partial charge in [-0.05, 0) is 12.8 Å². The molecule has 18 heavy (non-hydrogen) atoms. The molecule has 98 valence electrons. The summed E-state index contributed by atoms with van der Waals surface area (Å²) in [5, 5.41) is 0. The molecule has 0 bridgehead atoms. The summed E-state index contributed by atoms with van der Waals surface area (Å²) < 4.78 is 4.56. The van der Waals surface area contributed by atoms with Gasteiger partial charge in [-0.1, -0.05) is 43.2 Å². The molecule has 3 nitrogen and oxygen atoms in total. The van der Waals surface area contributed by atoms with Crippen molar-refractivity contribution >= 4 is 11.8 Å². The van der Waals surface area contributed by atoms with Crippen LogP contribution in [0.1, 0.15) is 48.9 Å². The van der Waals surface area contributed by atoms with Crippen LogP contribution in [0.2, 0.25) is 0 Å². The number of methoxy groups -OCH3 is 1. The lowest BCUT2D eigenvalue weighted by Crippen LogP contribution is -2.00. The van der Waals surface area contributed by atoms with Crippen LogP contribution in [0, 0.1) is 0 Å². The number of carbonyl (C=O) groups excluding carboxylic acids is 2. The minimum Gasteiger partial charge on any atom is -0.469 e. The molecule has 0 N–H and O–H groups in total. The normalized spacial score (nSPS) is 10.1. The third-order valence-electron chi connectivity index (χ3n) is 2.86. The molecule has 0 unspecified atom stereocenters. The lowest BCUT2D eigenvalue weighted by molar-refractivity contribution is -0.140. The van der Waals surface area contributed by atoms with E-state index in [9.17, 15) is 9.59 Å². The van der Waals surface area contributed by atoms with Crippen molar-refractivity contribution in [2.24, 2.45) is 0 Å². The van der Waals surface area contributed by atoms with E-state index in [2.05, 4.69) is 4.74 Å². The van der Waals surface area contributed by atoms with Gasteiger partial charge in [0.2, 0.25) is 0 Å². The third-order valence-corrected chi connectivity index (χ3v) is 2.86. The molecule has 0 aliphatic carbocycles. The summed E-state index contributed by atoms with van der Waals surface area (Å²) in [6, 6.07) is 9.36. The summed E-state index contributed by atoms with van der Waals surface area (Å²) in [4.78, 5) is 22.6. The Morgan fingerprint density at radius 1 is 0.944 bits per heavy atom. The zero-order chi connectivity index (χ0) is 13.2. The van der Waals surface area contributed by atoms with Crippen LogP contribution in [0.4, 0.5) is 0 Å². The van der Waals surface area contributed by atoms with Gasteiger partial charge in [0.1, 0.15) is 0 Å². The van der Waals surface area contributed by atoms with Crippen molar-refractivity contribution in [3.63, 3.8) is 0 Å². The Morgan fingerprint density at radius 2 is 1.56 bits per heavy atom. The van der Waals surface area contributed by atoms with E-state index in [4.69, 9.17) is 0 Å². The highest BCUT2D eigenvalue weighted by molar-refractivity contribution is 5.95. The van der Waals surface area contributed by atoms with E-state index < -0.39 is 0 Å². The molecule has 0 aliphatic rings. The van der Waals surface area contributed by atoms with E-state index in [1.165, 1.54) is 7.11 Å². The van der Waals surface area contributed by atoms with E-state index in [-0.39, 0.29) is 11.8 Å². The van der Waals surface area contributed by atoms with E-state index in [1.807, 2.05) is 30.3 Å². The molecule has 1 rings (SSSR count). The van der Waals surface area contributed by atoms with Crippen molar-refractivity contribution in [2.45, 2.75) is 38.5 Å². The van der Waals surface area contributed by atoms with Crippen LogP contribution in [-0.2, 0) is 9.53 Å². The van der Waals surface area contributed by atoms with Gasteiger partial charge in [-0.25, -0.2) is 0 Å². The topological polar surface area (TPSA) is 43.4 Å². The molecule has 0 aliphatic heterocycles. The van der Waals surface area contributed by atoms with Gasteiger partial charge >= 0.3 is 5.97 Å². The molecule has 0 fully saturated rings. The first-order valence-electron chi connectivity index (χ1n) is 6.39. The van der Waals surface area contributed by atoms with Gasteiger partial charge < -0.3 is 4.74 Å². The Labute approximate surface area is 108 Å². The van der Waals surface area contributed by atoms with Crippen molar-refractivity contribution < 1.29 is 14.3 Å². The van der Waals surface area contributed by atoms with Gasteiger partial charge in [-0.15, -0.1) is 0 Å². The number of unbranched alkanes of at least 4 members (excludes halogenated alkanes) is 3. The Hall–Kier alpha value is -1.64. The Morgan fingerprint density at radius 3 is 2.17 bits per heavy atom. The molecule has 0 saturated heterocycles. The molecule has 0 atom stereocenters. The molecule has 0 saturated carbocycles. The van der Waals surface area contributed by atoms with Crippen molar-refractivity contribution in [3.05, 3.63) is 35.9 Å². The van der Waals surface area contributed by atoms with E-state index in [1.54, 1.807) is 0 Å². The van der Waals surface area contributed by atoms with Crippen LogP contribution in [-0.4, -0.2) is 18.9 Å². The first-order valence-corrected chi connectivity index (χ1v) is 6.39. The predicted molar refractivity (Wildman–Crippen MR) is 70.5 cm³/mol. The van der Waals surface area contributed by atoms with E-state index >= 15 is 0 Å². The lowest BCUT2D eigenvalue weighted by Gasteiger charge is -2.01. The zero-order valence-corrected chi connectivity index (χ0v) is 10.9. The van der Waals surface area contributed by atoms with Crippen LogP contribution < -0.4 is 0 Å². The monoisotopic (exact) mass is 248 g/mol. The first-order chi connectivity index (χ1) is 8.74. The fraction of sp³-hybridized carbons (Fsp3) is 0.467. The summed E-state index contributed by atoms with van der Waals surface area (Å²) in [5.74, 6) is 0.0407. The van der Waals surface area contributed by atoms with Crippen LogP contribution in [0.5, 0.6) is 0 Å². The number of esters is 1. The molecule has 1 aromatic carbocycles. The zero-order valence-electron chi connectivity index (χ0n) is 10.9. The average molecular weight is 248 g/mol. The summed E-state index contributed by atoms with van der Waals surface area (Å²) in [6.07, 6.45) is 4.74. The number of ketones is 1. The molecule has 3 heteroatoms. The van der Waals surface area contributed by atoms with Crippen molar-refractivity contribution in [3.8, 4) is 0 Å². The van der Waals surface area contributed by atoms with Crippen molar-refractivity contribution in [2.75, 3.05) is 7.11 Å². The maximum atomic E-state index is 11.8. The highest BCUT2D eigenvalue weighted by atomic mass is 16.5. The fourth-order valence-electron chi connectivity index (χ4n) is 1.78. The Kier molecular flexibility index (Phi) is 6.77. The largest absolute Gasteiger partial charge is 0.469 e. The van der Waals surface area contributed by atoms with Gasteiger partial charge in [0.05, 0.1) is 7.11 Å². The maximum absolute atomic E-state index is 11.8. The number of ether oxygens (including phenoxy) is 1. The van der Waals surface area contributed by atoms with Crippen LogP contribution >= 0.6 is 0 Å². The van der Waals surface area contributed by atoms with Crippen LogP contribution in [0.3, 0.4) is 0 Å². The fourth-order valence-corrected chi connectivity index (χ4v) is 1.78. The first kappa shape index (κ1) is 14.4. The van der Waals surface area contributed by atoms with Gasteiger partial charge in [0.25, 0.3) is 0 Å². The lowest BCUT2D eigenvalue weighted by atomic mass is 10.0. The van der Waals surface area contributed by atoms with E-state index in [0.29, 0.717) is 12.8 Å². The summed E-state index contributed by atoms with van der Waals surface area (Å²) in [5.41, 5.74) is 0.784. The highest BCUT2D eigenvalue weighted by Gasteiger charge is 2.04.